The fraction of sp³-hybridized carbons (Fsp3) is 0.353. The zero-order chi connectivity index (χ0) is 35.6. The highest BCUT2D eigenvalue weighted by molar-refractivity contribution is 7.34. The largest absolute Gasteiger partial charge is 0.575 e. The molecule has 0 radical (unpaired) electrons. The van der Waals surface area contributed by atoms with E-state index < -0.39 is 44.3 Å². The molecule has 0 aliphatic carbocycles. The lowest BCUT2D eigenvalue weighted by molar-refractivity contribution is -0.170. The number of aliphatic hydroxyl groups is 1. The quantitative estimate of drug-likeness (QED) is 0.135. The van der Waals surface area contributed by atoms with Crippen LogP contribution in [0.5, 0.6) is 17.4 Å². The van der Waals surface area contributed by atoms with Crippen LogP contribution in [0.4, 0.5) is 10.3 Å². The molecule has 0 saturated carbocycles. The van der Waals surface area contributed by atoms with E-state index in [0.29, 0.717) is 5.39 Å². The van der Waals surface area contributed by atoms with Crippen molar-refractivity contribution in [3.63, 3.8) is 0 Å². The number of hydrogen-bond acceptors (Lipinski definition) is 13. The zero-order valence-electron chi connectivity index (χ0n) is 27.7. The number of ether oxygens (including phenoxy) is 4. The van der Waals surface area contributed by atoms with Gasteiger partial charge < -0.3 is 34.7 Å². The molecule has 3 heterocycles. The number of fused-ring (bicyclic) bond motifs is 2. The number of benzene rings is 3. The van der Waals surface area contributed by atoms with E-state index in [1.165, 1.54) is 24.9 Å². The molecular formula is C34H36FN6O8P. The standard InChI is InChI=1S/C34H36FN6O8P/c1-19(2)25(31(42)47-16-20-10-6-5-7-11-20)40-50(44)49-27-22-13-9-8-12-21(22)14-15-23(27)46-17-24-28(35)34(3,43)32(48-24)41-18-37-26-29(41)38-33(36)39-30(26)45-4/h5-15,18-19,24-25,28,32,43H,16-17H2,1-4H3,(H2,36,38,39)/t24-,25+,28+,32?,34-/m1/s1. The summed E-state index contributed by atoms with van der Waals surface area (Å²) in [5.41, 5.74) is 5.02. The minimum absolute atomic E-state index is 0.0386. The number of esters is 1. The number of alkyl halides is 1. The number of imidazole rings is 1. The Hall–Kier alpha value is -4.95. The van der Waals surface area contributed by atoms with Crippen LogP contribution < -0.4 is 24.6 Å². The third-order valence-electron chi connectivity index (χ3n) is 8.27. The molecule has 14 nitrogen and oxygen atoms in total. The minimum atomic E-state index is -2.81. The van der Waals surface area contributed by atoms with Gasteiger partial charge in [0.15, 0.2) is 35.4 Å². The summed E-state index contributed by atoms with van der Waals surface area (Å²) >= 11 is 0. The number of carbonyl (C=O) groups excluding carboxylic acids is 1. The second-order valence-electron chi connectivity index (χ2n) is 12.2. The van der Waals surface area contributed by atoms with Crippen molar-refractivity contribution in [3.8, 4) is 17.4 Å². The van der Waals surface area contributed by atoms with Gasteiger partial charge in [-0.1, -0.05) is 79.3 Å². The Labute approximate surface area is 287 Å². The molecule has 2 aromatic heterocycles. The third kappa shape index (κ3) is 7.03. The third-order valence-corrected chi connectivity index (χ3v) is 9.05. The number of hydrogen-bond donors (Lipinski definition) is 2. The molecular weight excluding hydrogens is 670 g/mol. The van der Waals surface area contributed by atoms with Crippen molar-refractivity contribution in [2.24, 2.45) is 10.7 Å². The van der Waals surface area contributed by atoms with Crippen molar-refractivity contribution >= 4 is 42.0 Å². The monoisotopic (exact) mass is 706 g/mol. The molecule has 6 atom stereocenters. The van der Waals surface area contributed by atoms with Crippen LogP contribution in [-0.2, 0) is 20.9 Å². The van der Waals surface area contributed by atoms with Gasteiger partial charge in [-0.15, -0.1) is 0 Å². The molecule has 3 aromatic carbocycles. The highest BCUT2D eigenvalue weighted by Gasteiger charge is 2.55. The van der Waals surface area contributed by atoms with Crippen LogP contribution >= 0.6 is 8.17 Å². The van der Waals surface area contributed by atoms with Crippen LogP contribution in [0.2, 0.25) is 0 Å². The molecule has 0 spiro atoms. The van der Waals surface area contributed by atoms with E-state index in [4.69, 9.17) is 29.2 Å². The number of halogens is 1. The summed E-state index contributed by atoms with van der Waals surface area (Å²) in [5, 5.41) is 12.6. The SMILES string of the molecule is COc1nc(N)nc2c1ncn2C1O[C@H](COc2ccc3ccccc3c2O[P+]([O-])=N[C@H](C(=O)OCc2ccccc2)C(C)C)[C@H](F)[C@@]1(C)O. The molecule has 262 valence electrons. The van der Waals surface area contributed by atoms with Gasteiger partial charge in [-0.3, -0.25) is 9.09 Å². The lowest BCUT2D eigenvalue weighted by atomic mass is 9.98. The molecule has 3 N–H and O–H groups in total. The number of nitrogens with two attached hydrogens (primary N) is 1. The van der Waals surface area contributed by atoms with Crippen molar-refractivity contribution in [2.45, 2.75) is 57.5 Å². The van der Waals surface area contributed by atoms with Crippen LogP contribution in [0, 0.1) is 5.92 Å². The van der Waals surface area contributed by atoms with Gasteiger partial charge in [0.25, 0.3) is 0 Å². The maximum atomic E-state index is 15.9. The Morgan fingerprint density at radius 1 is 1.16 bits per heavy atom. The summed E-state index contributed by atoms with van der Waals surface area (Å²) in [4.78, 5) is 38.8. The van der Waals surface area contributed by atoms with Crippen molar-refractivity contribution in [1.29, 1.82) is 0 Å². The van der Waals surface area contributed by atoms with Crippen molar-refractivity contribution in [3.05, 3.63) is 78.6 Å². The van der Waals surface area contributed by atoms with Gasteiger partial charge in [0.2, 0.25) is 17.6 Å². The van der Waals surface area contributed by atoms with Crippen LogP contribution in [0.15, 0.2) is 77.8 Å². The summed E-state index contributed by atoms with van der Waals surface area (Å²) in [6.07, 6.45) is -3.13. The molecule has 0 bridgehead atoms. The second kappa shape index (κ2) is 14.5. The zero-order valence-corrected chi connectivity index (χ0v) is 28.6. The normalized spacial score (nSPS) is 21.4. The van der Waals surface area contributed by atoms with E-state index in [1.807, 2.05) is 42.5 Å². The predicted molar refractivity (Wildman–Crippen MR) is 180 cm³/mol. The van der Waals surface area contributed by atoms with Gasteiger partial charge in [-0.2, -0.15) is 9.97 Å². The van der Waals surface area contributed by atoms with Gasteiger partial charge >= 0.3 is 14.1 Å². The van der Waals surface area contributed by atoms with Crippen molar-refractivity contribution < 1.29 is 42.7 Å². The summed E-state index contributed by atoms with van der Waals surface area (Å²) in [7, 11) is -1.42. The molecule has 0 amide bonds. The summed E-state index contributed by atoms with van der Waals surface area (Å²) < 4.78 is 50.0. The molecule has 50 heavy (non-hydrogen) atoms. The molecule has 6 rings (SSSR count). The number of nitrogen functional groups attached to an aromatic ring is 1. The van der Waals surface area contributed by atoms with E-state index in [0.717, 1.165) is 10.9 Å². The molecule has 1 saturated heterocycles. The van der Waals surface area contributed by atoms with E-state index >= 15 is 4.39 Å². The van der Waals surface area contributed by atoms with E-state index in [9.17, 15) is 14.8 Å². The molecule has 1 aliphatic heterocycles. The average molecular weight is 707 g/mol. The lowest BCUT2D eigenvalue weighted by Crippen LogP contribution is -2.42. The first kappa shape index (κ1) is 34.9. The second-order valence-corrected chi connectivity index (χ2v) is 13.1. The van der Waals surface area contributed by atoms with Crippen molar-refractivity contribution in [2.75, 3.05) is 19.5 Å². The Morgan fingerprint density at radius 3 is 2.64 bits per heavy atom. The number of carbonyl (C=O) groups is 1. The topological polar surface area (TPSA) is 188 Å². The first-order chi connectivity index (χ1) is 24.0. The number of aromatic nitrogens is 4. The average Bonchev–Trinajstić information content (AvgIpc) is 3.62. The molecule has 1 aliphatic rings. The van der Waals surface area contributed by atoms with Gasteiger partial charge in [0, 0.05) is 5.39 Å². The van der Waals surface area contributed by atoms with Gasteiger partial charge in [-0.05, 0) is 29.9 Å². The highest BCUT2D eigenvalue weighted by Crippen LogP contribution is 2.44. The van der Waals surface area contributed by atoms with Gasteiger partial charge in [0.05, 0.1) is 13.4 Å². The number of rotatable bonds is 12. The van der Waals surface area contributed by atoms with E-state index in [1.54, 1.807) is 38.1 Å². The molecule has 1 fully saturated rings. The predicted octanol–water partition coefficient (Wildman–Crippen LogP) is 4.64. The minimum Gasteiger partial charge on any atom is -0.575 e. The summed E-state index contributed by atoms with van der Waals surface area (Å²) in [6, 6.07) is 18.6. The summed E-state index contributed by atoms with van der Waals surface area (Å²) in [5.74, 6) is -0.793. The Balaban J connectivity index is 1.23. The first-order valence-electron chi connectivity index (χ1n) is 15.7. The lowest BCUT2D eigenvalue weighted by Gasteiger charge is -2.26. The van der Waals surface area contributed by atoms with E-state index in [2.05, 4.69) is 19.7 Å². The molecule has 2 unspecified atom stereocenters. The van der Waals surface area contributed by atoms with Crippen molar-refractivity contribution in [1.82, 2.24) is 19.5 Å². The Morgan fingerprint density at radius 2 is 1.90 bits per heavy atom. The Kier molecular flexibility index (Phi) is 10.1. The molecule has 16 heteroatoms. The van der Waals surface area contributed by atoms with Crippen LogP contribution in [0.1, 0.15) is 32.6 Å². The van der Waals surface area contributed by atoms with Crippen LogP contribution in [0.3, 0.4) is 0 Å². The fourth-order valence-electron chi connectivity index (χ4n) is 5.65. The maximum absolute atomic E-state index is 15.9. The van der Waals surface area contributed by atoms with Gasteiger partial charge in [-0.25, -0.2) is 14.2 Å². The van der Waals surface area contributed by atoms with E-state index in [-0.39, 0.29) is 53.6 Å². The smallest absolute Gasteiger partial charge is 0.395 e. The number of nitrogens with zero attached hydrogens (tertiary/aromatic N) is 5. The fourth-order valence-corrected chi connectivity index (χ4v) is 6.60. The van der Waals surface area contributed by atoms with Crippen LogP contribution in [-0.4, -0.2) is 68.2 Å². The highest BCUT2D eigenvalue weighted by atomic mass is 31.1. The first-order valence-corrected chi connectivity index (χ1v) is 16.9. The van der Waals surface area contributed by atoms with Crippen LogP contribution in [0.25, 0.3) is 21.9 Å². The number of methoxy groups -OCH3 is 1. The summed E-state index contributed by atoms with van der Waals surface area (Å²) in [6.45, 7) is 4.48. The Bertz CT molecular complexity index is 2030. The number of anilines is 1. The van der Waals surface area contributed by atoms with Gasteiger partial charge in [0.1, 0.15) is 24.9 Å². The maximum Gasteiger partial charge on any atom is 0.395 e. The molecule has 5 aromatic rings.